The van der Waals surface area contributed by atoms with Gasteiger partial charge in [0.25, 0.3) is 0 Å². The van der Waals surface area contributed by atoms with Crippen LogP contribution in [-0.2, 0) is 17.8 Å². The number of hydrogen-bond donors (Lipinski definition) is 1. The number of rotatable bonds is 6. The number of piperazine rings is 1. The van der Waals surface area contributed by atoms with Gasteiger partial charge in [-0.25, -0.2) is 9.97 Å². The zero-order chi connectivity index (χ0) is 25.7. The minimum absolute atomic E-state index is 0.654. The average molecular weight is 532 g/mol. The van der Waals surface area contributed by atoms with Crippen molar-refractivity contribution in [2.75, 3.05) is 57.4 Å². The number of nitrogens with one attached hydrogen (secondary N) is 1. The van der Waals surface area contributed by atoms with Crippen LogP contribution in [0.3, 0.4) is 0 Å². The second kappa shape index (κ2) is 11.8. The highest BCUT2D eigenvalue weighted by atomic mass is 35.5. The maximum absolute atomic E-state index is 6.71. The molecule has 198 valence electrons. The Bertz CT molecular complexity index is 1330. The number of aromatic nitrogens is 4. The maximum atomic E-state index is 6.71. The average Bonchev–Trinajstić information content (AvgIpc) is 3.36. The summed E-state index contributed by atoms with van der Waals surface area (Å²) in [5.41, 5.74) is 6.18. The molecule has 0 saturated carbocycles. The van der Waals surface area contributed by atoms with Crippen molar-refractivity contribution in [3.8, 4) is 11.4 Å². The summed E-state index contributed by atoms with van der Waals surface area (Å²) in [5.74, 6) is 0.817. The van der Waals surface area contributed by atoms with Gasteiger partial charge in [-0.2, -0.15) is 0 Å². The van der Waals surface area contributed by atoms with Crippen LogP contribution in [0.1, 0.15) is 24.0 Å². The van der Waals surface area contributed by atoms with Gasteiger partial charge in [0.05, 0.1) is 23.5 Å². The smallest absolute Gasteiger partial charge is 0.180 e. The van der Waals surface area contributed by atoms with E-state index in [2.05, 4.69) is 60.0 Å². The molecular formula is C29H34ClN7O. The van der Waals surface area contributed by atoms with E-state index < -0.39 is 0 Å². The molecule has 0 aliphatic carbocycles. The van der Waals surface area contributed by atoms with Gasteiger partial charge in [0, 0.05) is 70.4 Å². The number of hydrogen-bond acceptors (Lipinski definition) is 7. The third kappa shape index (κ3) is 5.83. The molecule has 2 aliphatic rings. The first-order valence-corrected chi connectivity index (χ1v) is 13.9. The van der Waals surface area contributed by atoms with Gasteiger partial charge < -0.3 is 14.6 Å². The Hall–Kier alpha value is -3.04. The van der Waals surface area contributed by atoms with Gasteiger partial charge in [-0.15, -0.1) is 0 Å². The van der Waals surface area contributed by atoms with Crippen LogP contribution >= 0.6 is 11.6 Å². The van der Waals surface area contributed by atoms with Crippen molar-refractivity contribution < 1.29 is 4.74 Å². The molecular weight excluding hydrogens is 498 g/mol. The van der Waals surface area contributed by atoms with Crippen LogP contribution in [0.2, 0.25) is 5.02 Å². The molecule has 0 bridgehead atoms. The van der Waals surface area contributed by atoms with E-state index >= 15 is 0 Å². The van der Waals surface area contributed by atoms with Crippen LogP contribution in [0.5, 0.6) is 0 Å². The molecule has 9 heteroatoms. The van der Waals surface area contributed by atoms with Crippen LogP contribution in [-0.4, -0.2) is 82.2 Å². The van der Waals surface area contributed by atoms with Gasteiger partial charge in [0.2, 0.25) is 0 Å². The number of aromatic amines is 1. The summed E-state index contributed by atoms with van der Waals surface area (Å²) in [6.45, 7) is 9.38. The molecule has 0 spiro atoms. The van der Waals surface area contributed by atoms with Crippen LogP contribution in [0.15, 0.2) is 55.0 Å². The van der Waals surface area contributed by atoms with Crippen molar-refractivity contribution in [3.63, 3.8) is 0 Å². The summed E-state index contributed by atoms with van der Waals surface area (Å²) in [5, 5.41) is 0.654. The predicted molar refractivity (Wildman–Crippen MR) is 151 cm³/mol. The molecule has 3 aromatic heterocycles. The van der Waals surface area contributed by atoms with E-state index in [9.17, 15) is 0 Å². The molecule has 1 N–H and O–H groups in total. The van der Waals surface area contributed by atoms with Crippen LogP contribution in [0.25, 0.3) is 22.6 Å². The summed E-state index contributed by atoms with van der Waals surface area (Å²) in [6, 6.07) is 12.8. The molecule has 2 fully saturated rings. The first kappa shape index (κ1) is 25.2. The summed E-state index contributed by atoms with van der Waals surface area (Å²) in [6.07, 6.45) is 7.82. The SMILES string of the molecule is Clc1cnc2nc(-c3ccc(CN4CCCCOCC4)cc3)[nH]c2c1N1CCN(Cc2cccnc2)CC1. The fraction of sp³-hybridized carbons (Fsp3) is 0.414. The number of benzene rings is 1. The molecule has 1 aromatic carbocycles. The molecule has 6 rings (SSSR count). The highest BCUT2D eigenvalue weighted by Crippen LogP contribution is 2.34. The second-order valence-electron chi connectivity index (χ2n) is 10.2. The highest BCUT2D eigenvalue weighted by Gasteiger charge is 2.23. The largest absolute Gasteiger partial charge is 0.380 e. The van der Waals surface area contributed by atoms with Crippen LogP contribution in [0, 0.1) is 0 Å². The second-order valence-corrected chi connectivity index (χ2v) is 10.6. The Morgan fingerprint density at radius 3 is 2.47 bits per heavy atom. The lowest BCUT2D eigenvalue weighted by Crippen LogP contribution is -2.46. The Morgan fingerprint density at radius 1 is 0.842 bits per heavy atom. The Labute approximate surface area is 228 Å². The monoisotopic (exact) mass is 531 g/mol. The topological polar surface area (TPSA) is 73.4 Å². The Morgan fingerprint density at radius 2 is 1.66 bits per heavy atom. The van der Waals surface area contributed by atoms with E-state index in [0.29, 0.717) is 10.7 Å². The van der Waals surface area contributed by atoms with Crippen LogP contribution in [0.4, 0.5) is 5.69 Å². The molecule has 38 heavy (non-hydrogen) atoms. The summed E-state index contributed by atoms with van der Waals surface area (Å²) in [7, 11) is 0. The predicted octanol–water partition coefficient (Wildman–Crippen LogP) is 4.61. The third-order valence-electron chi connectivity index (χ3n) is 7.46. The number of nitrogens with zero attached hydrogens (tertiary/aromatic N) is 6. The normalized spacial score (nSPS) is 18.0. The van der Waals surface area contributed by atoms with E-state index in [4.69, 9.17) is 21.3 Å². The summed E-state index contributed by atoms with van der Waals surface area (Å²) >= 11 is 6.71. The molecule has 2 saturated heterocycles. The lowest BCUT2D eigenvalue weighted by Gasteiger charge is -2.36. The van der Waals surface area contributed by atoms with Crippen molar-refractivity contribution in [2.45, 2.75) is 25.9 Å². The fourth-order valence-corrected chi connectivity index (χ4v) is 5.64. The van der Waals surface area contributed by atoms with E-state index in [1.165, 1.54) is 17.5 Å². The highest BCUT2D eigenvalue weighted by molar-refractivity contribution is 6.34. The molecule has 0 atom stereocenters. The summed E-state index contributed by atoms with van der Waals surface area (Å²) < 4.78 is 5.66. The zero-order valence-corrected chi connectivity index (χ0v) is 22.4. The van der Waals surface area contributed by atoms with Gasteiger partial charge in [0.1, 0.15) is 11.3 Å². The standard InChI is InChI=1S/C29H34ClN7O/c30-25-19-32-29-26(27(25)37-13-11-36(12-14-37)21-23-4-3-9-31-18-23)33-28(34-29)24-7-5-22(6-8-24)20-35-10-1-2-16-38-17-15-35/h3-9,18-19H,1-2,10-17,20-21H2,(H,32,33,34). The molecule has 8 nitrogen and oxygen atoms in total. The number of pyridine rings is 2. The molecule has 4 aromatic rings. The fourth-order valence-electron chi connectivity index (χ4n) is 5.38. The number of H-pyrrole nitrogens is 1. The lowest BCUT2D eigenvalue weighted by molar-refractivity contribution is 0.0780. The lowest BCUT2D eigenvalue weighted by atomic mass is 10.1. The Kier molecular flexibility index (Phi) is 7.83. The third-order valence-corrected chi connectivity index (χ3v) is 7.74. The van der Waals surface area contributed by atoms with Crippen molar-refractivity contribution >= 4 is 28.5 Å². The van der Waals surface area contributed by atoms with Crippen molar-refractivity contribution in [3.05, 3.63) is 71.1 Å². The van der Waals surface area contributed by atoms with Crippen LogP contribution < -0.4 is 4.90 Å². The zero-order valence-electron chi connectivity index (χ0n) is 21.7. The van der Waals surface area contributed by atoms with E-state index in [1.54, 1.807) is 6.20 Å². The number of halogens is 1. The van der Waals surface area contributed by atoms with Crippen molar-refractivity contribution in [1.29, 1.82) is 0 Å². The first-order chi connectivity index (χ1) is 18.7. The number of fused-ring (bicyclic) bond motifs is 1. The van der Waals surface area contributed by atoms with Crippen molar-refractivity contribution in [2.24, 2.45) is 0 Å². The molecule has 0 unspecified atom stereocenters. The Balaban J connectivity index is 1.16. The van der Waals surface area contributed by atoms with E-state index in [-0.39, 0.29) is 0 Å². The first-order valence-electron chi connectivity index (χ1n) is 13.5. The number of imidazole rings is 1. The molecule has 5 heterocycles. The van der Waals surface area contributed by atoms with Gasteiger partial charge in [-0.05, 0) is 36.6 Å². The molecule has 0 amide bonds. The minimum Gasteiger partial charge on any atom is -0.380 e. The molecule has 0 radical (unpaired) electrons. The van der Waals surface area contributed by atoms with Gasteiger partial charge >= 0.3 is 0 Å². The summed E-state index contributed by atoms with van der Waals surface area (Å²) in [4.78, 5) is 24.4. The van der Waals surface area contributed by atoms with Gasteiger partial charge in [0.15, 0.2) is 5.65 Å². The number of anilines is 1. The quantitative estimate of drug-likeness (QED) is 0.389. The number of ether oxygens (including phenoxy) is 1. The van der Waals surface area contributed by atoms with Gasteiger partial charge in [-0.1, -0.05) is 41.9 Å². The maximum Gasteiger partial charge on any atom is 0.180 e. The minimum atomic E-state index is 0.654. The van der Waals surface area contributed by atoms with E-state index in [1.807, 2.05) is 18.5 Å². The molecule has 2 aliphatic heterocycles. The van der Waals surface area contributed by atoms with Gasteiger partial charge in [-0.3, -0.25) is 14.8 Å². The van der Waals surface area contributed by atoms with E-state index in [0.717, 1.165) is 94.6 Å². The van der Waals surface area contributed by atoms with Crippen molar-refractivity contribution in [1.82, 2.24) is 29.7 Å².